The van der Waals surface area contributed by atoms with E-state index in [1.165, 1.54) is 6.07 Å². The normalized spacial score (nSPS) is 14.9. The predicted octanol–water partition coefficient (Wildman–Crippen LogP) is 2.33. The molecule has 0 bridgehead atoms. The van der Waals surface area contributed by atoms with Crippen molar-refractivity contribution in [1.82, 2.24) is 15.5 Å². The molecule has 1 saturated heterocycles. The number of carbonyl (C=O) groups excluding carboxylic acids is 1. The highest BCUT2D eigenvalue weighted by Crippen LogP contribution is 2.09. The van der Waals surface area contributed by atoms with Gasteiger partial charge >= 0.3 is 0 Å². The molecule has 6 heteroatoms. The maximum absolute atomic E-state index is 13.1. The number of rotatable bonds is 9. The van der Waals surface area contributed by atoms with Crippen molar-refractivity contribution < 1.29 is 9.18 Å². The number of hydrogen-bond acceptors (Lipinski definition) is 2. The number of aliphatic imine (C=N–C) groups is 1. The number of benzene rings is 1. The van der Waals surface area contributed by atoms with Gasteiger partial charge in [0.25, 0.3) is 0 Å². The van der Waals surface area contributed by atoms with Crippen molar-refractivity contribution in [1.29, 1.82) is 0 Å². The fraction of sp³-hybridized carbons (Fsp3) is 0.579. The molecule has 0 atom stereocenters. The Labute approximate surface area is 149 Å². The summed E-state index contributed by atoms with van der Waals surface area (Å²) in [5, 5.41) is 6.53. The van der Waals surface area contributed by atoms with Crippen LogP contribution < -0.4 is 10.6 Å². The summed E-state index contributed by atoms with van der Waals surface area (Å²) in [6, 6.07) is 6.74. The molecule has 2 rings (SSSR count). The van der Waals surface area contributed by atoms with Gasteiger partial charge in [-0.15, -0.1) is 0 Å². The van der Waals surface area contributed by atoms with Crippen molar-refractivity contribution in [3.63, 3.8) is 0 Å². The lowest BCUT2D eigenvalue weighted by Gasteiger charge is -2.15. The third-order valence-electron chi connectivity index (χ3n) is 4.20. The molecule has 0 aliphatic carbocycles. The summed E-state index contributed by atoms with van der Waals surface area (Å²) < 4.78 is 13.1. The van der Waals surface area contributed by atoms with Gasteiger partial charge < -0.3 is 15.5 Å². The van der Waals surface area contributed by atoms with Gasteiger partial charge in [-0.05, 0) is 50.3 Å². The molecule has 0 radical (unpaired) electrons. The smallest absolute Gasteiger partial charge is 0.222 e. The largest absolute Gasteiger partial charge is 0.357 e. The minimum absolute atomic E-state index is 0.183. The number of nitrogens with one attached hydrogen (secondary N) is 2. The predicted molar refractivity (Wildman–Crippen MR) is 99.1 cm³/mol. The zero-order valence-corrected chi connectivity index (χ0v) is 15.1. The maximum Gasteiger partial charge on any atom is 0.222 e. The molecular weight excluding hydrogens is 319 g/mol. The number of aryl methyl sites for hydroxylation is 1. The first kappa shape index (κ1) is 19.2. The van der Waals surface area contributed by atoms with Crippen LogP contribution in [0.15, 0.2) is 29.3 Å². The number of likely N-dealkylation sites (tertiary alicyclic amines) is 1. The molecule has 1 aromatic carbocycles. The van der Waals surface area contributed by atoms with Gasteiger partial charge in [-0.1, -0.05) is 12.1 Å². The number of guanidine groups is 1. The first-order valence-corrected chi connectivity index (χ1v) is 9.23. The summed E-state index contributed by atoms with van der Waals surface area (Å²) in [6.07, 6.45) is 4.30. The van der Waals surface area contributed by atoms with Crippen LogP contribution in [0.25, 0.3) is 0 Å². The lowest BCUT2D eigenvalue weighted by molar-refractivity contribution is -0.127. The van der Waals surface area contributed by atoms with Gasteiger partial charge in [0.15, 0.2) is 5.96 Å². The Hall–Kier alpha value is -2.11. The first-order valence-electron chi connectivity index (χ1n) is 9.23. The summed E-state index contributed by atoms with van der Waals surface area (Å²) in [4.78, 5) is 18.0. The standard InChI is InChI=1S/C19H29FN4O/c1-2-21-19(23-12-6-14-24-13-5-10-18(24)25)22-11-4-8-16-7-3-9-17(20)15-16/h3,7,9,15H,2,4-6,8,10-14H2,1H3,(H2,21,22,23). The zero-order chi connectivity index (χ0) is 17.9. The summed E-state index contributed by atoms with van der Waals surface area (Å²) >= 11 is 0. The van der Waals surface area contributed by atoms with E-state index in [1.54, 1.807) is 12.1 Å². The molecule has 1 aliphatic rings. The highest BCUT2D eigenvalue weighted by atomic mass is 19.1. The van der Waals surface area contributed by atoms with E-state index < -0.39 is 0 Å². The van der Waals surface area contributed by atoms with Gasteiger partial charge in [-0.25, -0.2) is 4.39 Å². The van der Waals surface area contributed by atoms with Crippen molar-refractivity contribution in [2.45, 2.75) is 39.0 Å². The molecule has 1 aliphatic heterocycles. The highest BCUT2D eigenvalue weighted by molar-refractivity contribution is 5.79. The number of halogens is 1. The van der Waals surface area contributed by atoms with E-state index in [2.05, 4.69) is 15.6 Å². The van der Waals surface area contributed by atoms with Crippen LogP contribution in [0.4, 0.5) is 4.39 Å². The van der Waals surface area contributed by atoms with Crippen LogP contribution in [-0.2, 0) is 11.2 Å². The van der Waals surface area contributed by atoms with Gasteiger partial charge in [0.1, 0.15) is 5.82 Å². The Balaban J connectivity index is 1.65. The molecule has 1 fully saturated rings. The first-order chi connectivity index (χ1) is 12.2. The van der Waals surface area contributed by atoms with E-state index in [9.17, 15) is 9.18 Å². The molecule has 1 heterocycles. The topological polar surface area (TPSA) is 56.7 Å². The fourth-order valence-electron chi connectivity index (χ4n) is 2.93. The van der Waals surface area contributed by atoms with Crippen LogP contribution in [0, 0.1) is 5.82 Å². The quantitative estimate of drug-likeness (QED) is 0.409. The number of amides is 1. The second kappa shape index (κ2) is 10.7. The van der Waals surface area contributed by atoms with Crippen LogP contribution in [0.3, 0.4) is 0 Å². The van der Waals surface area contributed by atoms with Gasteiger partial charge in [-0.2, -0.15) is 0 Å². The van der Waals surface area contributed by atoms with Crippen LogP contribution in [0.2, 0.25) is 0 Å². The number of nitrogens with zero attached hydrogens (tertiary/aromatic N) is 2. The summed E-state index contributed by atoms with van der Waals surface area (Å²) in [5.41, 5.74) is 1.01. The van der Waals surface area contributed by atoms with Crippen LogP contribution in [-0.4, -0.2) is 49.5 Å². The number of hydrogen-bond donors (Lipinski definition) is 2. The molecule has 138 valence electrons. The molecule has 0 saturated carbocycles. The highest BCUT2D eigenvalue weighted by Gasteiger charge is 2.18. The van der Waals surface area contributed by atoms with Crippen molar-refractivity contribution in [2.75, 3.05) is 32.7 Å². The Morgan fingerprint density at radius 3 is 2.92 bits per heavy atom. The molecule has 2 N–H and O–H groups in total. The van der Waals surface area contributed by atoms with Crippen LogP contribution in [0.5, 0.6) is 0 Å². The van der Waals surface area contributed by atoms with Gasteiger partial charge in [-0.3, -0.25) is 9.79 Å². The molecule has 5 nitrogen and oxygen atoms in total. The average molecular weight is 348 g/mol. The monoisotopic (exact) mass is 348 g/mol. The molecule has 0 aromatic heterocycles. The lowest BCUT2D eigenvalue weighted by atomic mass is 10.1. The summed E-state index contributed by atoms with van der Waals surface area (Å²) in [6.45, 7) is 6.01. The fourth-order valence-corrected chi connectivity index (χ4v) is 2.93. The summed E-state index contributed by atoms with van der Waals surface area (Å²) in [5.74, 6) is 0.887. The molecule has 25 heavy (non-hydrogen) atoms. The van der Waals surface area contributed by atoms with E-state index in [4.69, 9.17) is 0 Å². The van der Waals surface area contributed by atoms with E-state index in [-0.39, 0.29) is 11.7 Å². The van der Waals surface area contributed by atoms with Crippen LogP contribution in [0.1, 0.15) is 38.2 Å². The number of carbonyl (C=O) groups is 1. The van der Waals surface area contributed by atoms with E-state index >= 15 is 0 Å². The van der Waals surface area contributed by atoms with Crippen LogP contribution >= 0.6 is 0 Å². The molecule has 0 unspecified atom stereocenters. The Morgan fingerprint density at radius 1 is 1.32 bits per heavy atom. The third-order valence-corrected chi connectivity index (χ3v) is 4.20. The van der Waals surface area contributed by atoms with E-state index in [1.807, 2.05) is 17.9 Å². The van der Waals surface area contributed by atoms with Crippen molar-refractivity contribution >= 4 is 11.9 Å². The minimum atomic E-state index is -0.183. The van der Waals surface area contributed by atoms with Crippen molar-refractivity contribution in [3.05, 3.63) is 35.6 Å². The second-order valence-corrected chi connectivity index (χ2v) is 6.26. The second-order valence-electron chi connectivity index (χ2n) is 6.26. The van der Waals surface area contributed by atoms with Gasteiger partial charge in [0, 0.05) is 39.1 Å². The Morgan fingerprint density at radius 2 is 2.20 bits per heavy atom. The zero-order valence-electron chi connectivity index (χ0n) is 15.1. The average Bonchev–Trinajstić information content (AvgIpc) is 3.00. The molecular formula is C19H29FN4O. The van der Waals surface area contributed by atoms with Gasteiger partial charge in [0.05, 0.1) is 0 Å². The van der Waals surface area contributed by atoms with E-state index in [0.717, 1.165) is 63.4 Å². The molecule has 0 spiro atoms. The Kier molecular flexibility index (Phi) is 8.22. The minimum Gasteiger partial charge on any atom is -0.357 e. The SMILES string of the molecule is CCNC(=NCCCN1CCCC1=O)NCCCc1cccc(F)c1. The Bertz CT molecular complexity index is 576. The maximum atomic E-state index is 13.1. The molecule has 1 amide bonds. The van der Waals surface area contributed by atoms with E-state index in [0.29, 0.717) is 13.0 Å². The van der Waals surface area contributed by atoms with Gasteiger partial charge in [0.2, 0.25) is 5.91 Å². The third kappa shape index (κ3) is 7.11. The van der Waals surface area contributed by atoms with Crippen molar-refractivity contribution in [2.24, 2.45) is 4.99 Å². The van der Waals surface area contributed by atoms with Crippen molar-refractivity contribution in [3.8, 4) is 0 Å². The molecule has 1 aromatic rings. The summed E-state index contributed by atoms with van der Waals surface area (Å²) in [7, 11) is 0. The lowest BCUT2D eigenvalue weighted by Crippen LogP contribution is -2.38.